The number of hydrogen-bond donors (Lipinski definition) is 2. The molecule has 2 heterocycles. The Morgan fingerprint density at radius 2 is 2.00 bits per heavy atom. The van der Waals surface area contributed by atoms with Gasteiger partial charge < -0.3 is 15.4 Å². The van der Waals surface area contributed by atoms with Crippen molar-refractivity contribution in [2.75, 3.05) is 10.6 Å². The van der Waals surface area contributed by atoms with Crippen molar-refractivity contribution < 1.29 is 18.7 Å². The Balaban J connectivity index is 1.63. The molecule has 3 aromatic rings. The van der Waals surface area contributed by atoms with Crippen LogP contribution in [0.15, 0.2) is 60.8 Å². The van der Waals surface area contributed by atoms with Crippen LogP contribution in [0.5, 0.6) is 11.6 Å². The Labute approximate surface area is 147 Å². The van der Waals surface area contributed by atoms with Crippen molar-refractivity contribution in [3.63, 3.8) is 0 Å². The normalized spacial score (nSPS) is 12.1. The fourth-order valence-corrected chi connectivity index (χ4v) is 2.57. The molecule has 4 rings (SSSR count). The van der Waals surface area contributed by atoms with Gasteiger partial charge in [0, 0.05) is 17.4 Å². The number of amides is 2. The predicted octanol–water partition coefficient (Wildman–Crippen LogP) is 3.83. The molecule has 0 radical (unpaired) electrons. The van der Waals surface area contributed by atoms with Gasteiger partial charge in [-0.2, -0.15) is 0 Å². The molecule has 0 bridgehead atoms. The number of benzene rings is 2. The van der Waals surface area contributed by atoms with E-state index in [9.17, 15) is 14.0 Å². The van der Waals surface area contributed by atoms with Gasteiger partial charge in [0.1, 0.15) is 17.3 Å². The van der Waals surface area contributed by atoms with Crippen molar-refractivity contribution in [3.8, 4) is 11.6 Å². The number of ether oxygens (including phenoxy) is 1. The second-order valence-corrected chi connectivity index (χ2v) is 5.59. The standard InChI is InChI=1S/C19H12FN3O3/c20-12-4-1-3-11(9-12)17(24)22-13-6-7-16-14(10-13)18(25)23-15-5-2-8-21-19(15)26-16/h1-10H,(H,22,24)(H,23,25). The molecule has 0 saturated carbocycles. The Hall–Kier alpha value is -3.74. The molecular formula is C19H12FN3O3. The molecule has 26 heavy (non-hydrogen) atoms. The van der Waals surface area contributed by atoms with Gasteiger partial charge in [0.15, 0.2) is 0 Å². The minimum Gasteiger partial charge on any atom is -0.436 e. The Bertz CT molecular complexity index is 1040. The number of nitrogens with zero attached hydrogens (tertiary/aromatic N) is 1. The van der Waals surface area contributed by atoms with Crippen LogP contribution in [0, 0.1) is 5.82 Å². The summed E-state index contributed by atoms with van der Waals surface area (Å²) in [6.45, 7) is 0. The molecule has 0 saturated heterocycles. The summed E-state index contributed by atoms with van der Waals surface area (Å²) < 4.78 is 18.9. The maximum Gasteiger partial charge on any atom is 0.259 e. The fourth-order valence-electron chi connectivity index (χ4n) is 2.57. The molecule has 1 aromatic heterocycles. The van der Waals surface area contributed by atoms with Gasteiger partial charge in [0.2, 0.25) is 5.88 Å². The van der Waals surface area contributed by atoms with E-state index in [1.807, 2.05) is 0 Å². The monoisotopic (exact) mass is 349 g/mol. The molecule has 1 aliphatic rings. The van der Waals surface area contributed by atoms with Crippen LogP contribution in [0.2, 0.25) is 0 Å². The molecule has 2 N–H and O–H groups in total. The van der Waals surface area contributed by atoms with Crippen molar-refractivity contribution in [1.82, 2.24) is 4.98 Å². The van der Waals surface area contributed by atoms with E-state index < -0.39 is 11.7 Å². The number of anilines is 2. The van der Waals surface area contributed by atoms with E-state index in [0.717, 1.165) is 6.07 Å². The third-order valence-electron chi connectivity index (χ3n) is 3.79. The van der Waals surface area contributed by atoms with Gasteiger partial charge in [-0.1, -0.05) is 6.07 Å². The molecule has 0 atom stereocenters. The largest absolute Gasteiger partial charge is 0.436 e. The van der Waals surface area contributed by atoms with Crippen LogP contribution >= 0.6 is 0 Å². The van der Waals surface area contributed by atoms with Gasteiger partial charge in [0.05, 0.1) is 5.56 Å². The molecule has 1 aliphatic heterocycles. The molecule has 0 aliphatic carbocycles. The molecule has 0 fully saturated rings. The van der Waals surface area contributed by atoms with Gasteiger partial charge in [0.25, 0.3) is 11.8 Å². The predicted molar refractivity (Wildman–Crippen MR) is 93.1 cm³/mol. The quantitative estimate of drug-likeness (QED) is 0.737. The number of halogens is 1. The summed E-state index contributed by atoms with van der Waals surface area (Å²) >= 11 is 0. The van der Waals surface area contributed by atoms with Crippen molar-refractivity contribution in [2.24, 2.45) is 0 Å². The highest BCUT2D eigenvalue weighted by Gasteiger charge is 2.22. The lowest BCUT2D eigenvalue weighted by atomic mass is 10.1. The molecule has 2 amide bonds. The first-order valence-electron chi connectivity index (χ1n) is 7.75. The van der Waals surface area contributed by atoms with Crippen LogP contribution in [0.1, 0.15) is 20.7 Å². The first-order valence-corrected chi connectivity index (χ1v) is 7.75. The second-order valence-electron chi connectivity index (χ2n) is 5.59. The Morgan fingerprint density at radius 3 is 2.85 bits per heavy atom. The van der Waals surface area contributed by atoms with E-state index in [0.29, 0.717) is 17.1 Å². The summed E-state index contributed by atoms with van der Waals surface area (Å²) in [5.41, 5.74) is 1.27. The molecule has 6 nitrogen and oxygen atoms in total. The van der Waals surface area contributed by atoms with Crippen LogP contribution < -0.4 is 15.4 Å². The molecule has 0 unspecified atom stereocenters. The smallest absolute Gasteiger partial charge is 0.259 e. The van der Waals surface area contributed by atoms with Crippen molar-refractivity contribution in [3.05, 3.63) is 77.7 Å². The van der Waals surface area contributed by atoms with Crippen molar-refractivity contribution in [2.45, 2.75) is 0 Å². The van der Waals surface area contributed by atoms with E-state index in [2.05, 4.69) is 15.6 Å². The molecule has 2 aromatic carbocycles. The van der Waals surface area contributed by atoms with Gasteiger partial charge in [-0.05, 0) is 48.5 Å². The zero-order chi connectivity index (χ0) is 18.1. The lowest BCUT2D eigenvalue weighted by Crippen LogP contribution is -2.14. The molecule has 7 heteroatoms. The number of aromatic nitrogens is 1. The summed E-state index contributed by atoms with van der Waals surface area (Å²) in [4.78, 5) is 28.8. The van der Waals surface area contributed by atoms with Crippen molar-refractivity contribution in [1.29, 1.82) is 0 Å². The number of carbonyl (C=O) groups excluding carboxylic acids is 2. The topological polar surface area (TPSA) is 80.3 Å². The van der Waals surface area contributed by atoms with Crippen LogP contribution in [-0.2, 0) is 0 Å². The third kappa shape index (κ3) is 2.98. The zero-order valence-electron chi connectivity index (χ0n) is 13.3. The average Bonchev–Trinajstić information content (AvgIpc) is 2.77. The van der Waals surface area contributed by atoms with E-state index in [4.69, 9.17) is 4.74 Å². The maximum atomic E-state index is 13.3. The van der Waals surface area contributed by atoms with Crippen LogP contribution in [0.25, 0.3) is 0 Å². The Morgan fingerprint density at radius 1 is 1.12 bits per heavy atom. The highest BCUT2D eigenvalue weighted by molar-refractivity contribution is 6.09. The summed E-state index contributed by atoms with van der Waals surface area (Å²) in [5.74, 6) is -0.754. The van der Waals surface area contributed by atoms with Crippen LogP contribution in [0.4, 0.5) is 15.8 Å². The molecule has 128 valence electrons. The minimum atomic E-state index is -0.502. The first kappa shape index (κ1) is 15.8. The van der Waals surface area contributed by atoms with E-state index in [1.165, 1.54) is 24.3 Å². The summed E-state index contributed by atoms with van der Waals surface area (Å²) in [6, 6.07) is 13.4. The number of nitrogens with one attached hydrogen (secondary N) is 2. The van der Waals surface area contributed by atoms with E-state index >= 15 is 0 Å². The first-order chi connectivity index (χ1) is 12.6. The highest BCUT2D eigenvalue weighted by atomic mass is 19.1. The number of fused-ring (bicyclic) bond motifs is 2. The summed E-state index contributed by atoms with van der Waals surface area (Å²) in [6.07, 6.45) is 1.56. The lowest BCUT2D eigenvalue weighted by Gasteiger charge is -2.09. The van der Waals surface area contributed by atoms with Gasteiger partial charge in [-0.15, -0.1) is 0 Å². The molecule has 0 spiro atoms. The van der Waals surface area contributed by atoms with E-state index in [-0.39, 0.29) is 22.9 Å². The van der Waals surface area contributed by atoms with Gasteiger partial charge in [-0.3, -0.25) is 9.59 Å². The van der Waals surface area contributed by atoms with Crippen molar-refractivity contribution >= 4 is 23.2 Å². The fraction of sp³-hybridized carbons (Fsp3) is 0. The van der Waals surface area contributed by atoms with E-state index in [1.54, 1.807) is 30.5 Å². The Kier molecular flexibility index (Phi) is 3.81. The third-order valence-corrected chi connectivity index (χ3v) is 3.79. The van der Waals surface area contributed by atoms with Gasteiger partial charge >= 0.3 is 0 Å². The summed E-state index contributed by atoms with van der Waals surface area (Å²) in [5, 5.41) is 5.35. The average molecular weight is 349 g/mol. The van der Waals surface area contributed by atoms with Crippen LogP contribution in [0.3, 0.4) is 0 Å². The lowest BCUT2D eigenvalue weighted by molar-refractivity contribution is 0.101. The zero-order valence-corrected chi connectivity index (χ0v) is 13.3. The summed E-state index contributed by atoms with van der Waals surface area (Å²) in [7, 11) is 0. The number of rotatable bonds is 2. The maximum absolute atomic E-state index is 13.3. The second kappa shape index (κ2) is 6.29. The van der Waals surface area contributed by atoms with Crippen LogP contribution in [-0.4, -0.2) is 16.8 Å². The number of pyridine rings is 1. The molecular weight excluding hydrogens is 337 g/mol. The highest BCUT2D eigenvalue weighted by Crippen LogP contribution is 2.34. The number of hydrogen-bond acceptors (Lipinski definition) is 4. The van der Waals surface area contributed by atoms with Gasteiger partial charge in [-0.25, -0.2) is 9.37 Å². The SMILES string of the molecule is O=C(Nc1ccc2c(c1)C(=O)Nc1cccnc1O2)c1cccc(F)c1. The number of carbonyl (C=O) groups is 2. The minimum absolute atomic E-state index is 0.178.